The predicted octanol–water partition coefficient (Wildman–Crippen LogP) is 3.37. The van der Waals surface area contributed by atoms with E-state index in [-0.39, 0.29) is 0 Å². The number of carbonyl (C=O) groups is 1. The number of hydrazone groups is 1. The fourth-order valence-electron chi connectivity index (χ4n) is 1.78. The molecule has 2 rings (SSSR count). The summed E-state index contributed by atoms with van der Waals surface area (Å²) in [5, 5.41) is 3.61. The molecule has 2 aromatic carbocycles. The average Bonchev–Trinajstić information content (AvgIpc) is 2.47. The van der Waals surface area contributed by atoms with Gasteiger partial charge in [-0.15, -0.1) is 0 Å². The van der Waals surface area contributed by atoms with E-state index in [1.807, 2.05) is 0 Å². The van der Waals surface area contributed by atoms with Crippen LogP contribution in [0.1, 0.15) is 11.1 Å². The summed E-state index contributed by atoms with van der Waals surface area (Å²) >= 11 is 0. The molecule has 114 valence electrons. The van der Waals surface area contributed by atoms with Gasteiger partial charge in [-0.25, -0.2) is 10.2 Å². The Morgan fingerprint density at radius 3 is 1.95 bits per heavy atom. The van der Waals surface area contributed by atoms with Crippen LogP contribution in [0.4, 0.5) is 18.0 Å². The number of rotatable bonds is 3. The zero-order chi connectivity index (χ0) is 16.2. The van der Waals surface area contributed by atoms with Gasteiger partial charge in [-0.3, -0.25) is 0 Å². The van der Waals surface area contributed by atoms with E-state index in [9.17, 15) is 18.0 Å². The van der Waals surface area contributed by atoms with Crippen molar-refractivity contribution in [3.05, 3.63) is 59.7 Å². The molecular weight excluding hydrogens is 295 g/mol. The first-order valence-electron chi connectivity index (χ1n) is 6.22. The summed E-state index contributed by atoms with van der Waals surface area (Å²) in [6, 6.07) is 11.1. The lowest BCUT2D eigenvalue weighted by molar-refractivity contribution is -0.137. The normalized spacial score (nSPS) is 11.6. The Hall–Kier alpha value is -2.83. The molecule has 4 nitrogen and oxygen atoms in total. The molecule has 0 spiro atoms. The molecule has 0 aromatic heterocycles. The van der Waals surface area contributed by atoms with Crippen LogP contribution in [0.15, 0.2) is 53.6 Å². The van der Waals surface area contributed by atoms with Gasteiger partial charge in [0.15, 0.2) is 0 Å². The van der Waals surface area contributed by atoms with Crippen molar-refractivity contribution in [3.8, 4) is 11.1 Å². The van der Waals surface area contributed by atoms with Gasteiger partial charge in [-0.1, -0.05) is 36.4 Å². The molecule has 7 heteroatoms. The summed E-state index contributed by atoms with van der Waals surface area (Å²) < 4.78 is 37.5. The fraction of sp³-hybridized carbons (Fsp3) is 0.0667. The first-order valence-corrected chi connectivity index (χ1v) is 6.22. The third-order valence-electron chi connectivity index (χ3n) is 2.84. The number of alkyl halides is 3. The topological polar surface area (TPSA) is 67.5 Å². The van der Waals surface area contributed by atoms with Gasteiger partial charge in [0, 0.05) is 0 Å². The van der Waals surface area contributed by atoms with E-state index in [1.165, 1.54) is 18.3 Å². The van der Waals surface area contributed by atoms with Crippen molar-refractivity contribution in [2.24, 2.45) is 10.8 Å². The first kappa shape index (κ1) is 15.6. The van der Waals surface area contributed by atoms with Gasteiger partial charge in [0.1, 0.15) is 0 Å². The molecule has 0 unspecified atom stereocenters. The van der Waals surface area contributed by atoms with Crippen LogP contribution >= 0.6 is 0 Å². The number of benzene rings is 2. The van der Waals surface area contributed by atoms with Crippen LogP contribution in [0.5, 0.6) is 0 Å². The number of nitrogens with zero attached hydrogens (tertiary/aromatic N) is 1. The Labute approximate surface area is 124 Å². The minimum absolute atomic E-state index is 0.673. The lowest BCUT2D eigenvalue weighted by Crippen LogP contribution is -2.24. The third-order valence-corrected chi connectivity index (χ3v) is 2.84. The molecule has 2 amide bonds. The van der Waals surface area contributed by atoms with Gasteiger partial charge in [0.25, 0.3) is 0 Å². The van der Waals surface area contributed by atoms with Crippen LogP contribution in [0, 0.1) is 0 Å². The molecule has 0 saturated carbocycles. The number of hydrogen-bond acceptors (Lipinski definition) is 2. The van der Waals surface area contributed by atoms with E-state index in [0.29, 0.717) is 11.1 Å². The van der Waals surface area contributed by atoms with Crippen molar-refractivity contribution in [1.29, 1.82) is 0 Å². The van der Waals surface area contributed by atoms with Gasteiger partial charge in [-0.05, 0) is 28.8 Å². The lowest BCUT2D eigenvalue weighted by Gasteiger charge is -2.08. The van der Waals surface area contributed by atoms with E-state index in [2.05, 4.69) is 10.5 Å². The number of urea groups is 1. The van der Waals surface area contributed by atoms with Gasteiger partial charge < -0.3 is 5.73 Å². The standard InChI is InChI=1S/C15H12F3N3O/c16-15(17,18)13-7-5-12(6-8-13)11-3-1-10(2-4-11)9-20-21-14(19)22/h1-9H,(H3,19,21,22). The Morgan fingerprint density at radius 1 is 1.00 bits per heavy atom. The van der Waals surface area contributed by atoms with Gasteiger partial charge >= 0.3 is 12.2 Å². The Morgan fingerprint density at radius 2 is 1.50 bits per heavy atom. The lowest BCUT2D eigenvalue weighted by atomic mass is 10.0. The summed E-state index contributed by atoms with van der Waals surface area (Å²) in [7, 11) is 0. The van der Waals surface area contributed by atoms with E-state index in [1.54, 1.807) is 24.3 Å². The highest BCUT2D eigenvalue weighted by Crippen LogP contribution is 2.30. The van der Waals surface area contributed by atoms with Crippen LogP contribution in [0.2, 0.25) is 0 Å². The van der Waals surface area contributed by atoms with Crippen molar-refractivity contribution >= 4 is 12.2 Å². The van der Waals surface area contributed by atoms with E-state index in [4.69, 9.17) is 5.73 Å². The molecule has 0 aliphatic carbocycles. The maximum absolute atomic E-state index is 12.5. The van der Waals surface area contributed by atoms with Crippen LogP contribution in [-0.2, 0) is 6.18 Å². The largest absolute Gasteiger partial charge is 0.416 e. The highest BCUT2D eigenvalue weighted by molar-refractivity contribution is 5.82. The van der Waals surface area contributed by atoms with Crippen molar-refractivity contribution in [2.45, 2.75) is 6.18 Å². The fourth-order valence-corrected chi connectivity index (χ4v) is 1.78. The summed E-state index contributed by atoms with van der Waals surface area (Å²) in [5.41, 5.74) is 8.39. The Bertz CT molecular complexity index is 677. The monoisotopic (exact) mass is 307 g/mol. The minimum Gasteiger partial charge on any atom is -0.350 e. The molecule has 0 heterocycles. The zero-order valence-corrected chi connectivity index (χ0v) is 11.3. The van der Waals surface area contributed by atoms with Crippen molar-refractivity contribution in [3.63, 3.8) is 0 Å². The second-order valence-electron chi connectivity index (χ2n) is 4.43. The van der Waals surface area contributed by atoms with Crippen LogP contribution in [0.3, 0.4) is 0 Å². The molecule has 0 saturated heterocycles. The molecule has 3 N–H and O–H groups in total. The number of amides is 2. The SMILES string of the molecule is NC(=O)NN=Cc1ccc(-c2ccc(C(F)(F)F)cc2)cc1. The highest BCUT2D eigenvalue weighted by Gasteiger charge is 2.29. The number of nitrogens with two attached hydrogens (primary N) is 1. The summed E-state index contributed by atoms with van der Waals surface area (Å²) in [4.78, 5) is 10.4. The van der Waals surface area contributed by atoms with E-state index < -0.39 is 17.8 Å². The first-order chi connectivity index (χ1) is 10.4. The molecule has 0 aliphatic heterocycles. The van der Waals surface area contributed by atoms with Gasteiger partial charge in [-0.2, -0.15) is 18.3 Å². The quantitative estimate of drug-likeness (QED) is 0.662. The number of nitrogens with one attached hydrogen (secondary N) is 1. The number of carbonyl (C=O) groups excluding carboxylic acids is 1. The highest BCUT2D eigenvalue weighted by atomic mass is 19.4. The second-order valence-corrected chi connectivity index (χ2v) is 4.43. The van der Waals surface area contributed by atoms with Gasteiger partial charge in [0.05, 0.1) is 11.8 Å². The zero-order valence-electron chi connectivity index (χ0n) is 11.3. The Balaban J connectivity index is 2.13. The van der Waals surface area contributed by atoms with Crippen molar-refractivity contribution in [1.82, 2.24) is 5.43 Å². The second kappa shape index (κ2) is 6.30. The van der Waals surface area contributed by atoms with E-state index in [0.717, 1.165) is 17.7 Å². The smallest absolute Gasteiger partial charge is 0.350 e. The minimum atomic E-state index is -4.34. The molecule has 0 fully saturated rings. The molecule has 0 atom stereocenters. The number of primary amides is 1. The van der Waals surface area contributed by atoms with Crippen LogP contribution in [0.25, 0.3) is 11.1 Å². The third kappa shape index (κ3) is 4.08. The molecule has 22 heavy (non-hydrogen) atoms. The molecular formula is C15H12F3N3O. The summed E-state index contributed by atoms with van der Waals surface area (Å²) in [6.45, 7) is 0. The van der Waals surface area contributed by atoms with Crippen molar-refractivity contribution in [2.75, 3.05) is 0 Å². The van der Waals surface area contributed by atoms with Crippen LogP contribution in [-0.4, -0.2) is 12.2 Å². The molecule has 0 bridgehead atoms. The maximum atomic E-state index is 12.5. The maximum Gasteiger partial charge on any atom is 0.416 e. The summed E-state index contributed by atoms with van der Waals surface area (Å²) in [5.74, 6) is 0. The average molecular weight is 307 g/mol. The molecule has 0 radical (unpaired) electrons. The number of hydrogen-bond donors (Lipinski definition) is 2. The number of halogens is 3. The van der Waals surface area contributed by atoms with E-state index >= 15 is 0 Å². The Kier molecular flexibility index (Phi) is 4.45. The van der Waals surface area contributed by atoms with Gasteiger partial charge in [0.2, 0.25) is 0 Å². The van der Waals surface area contributed by atoms with Crippen molar-refractivity contribution < 1.29 is 18.0 Å². The summed E-state index contributed by atoms with van der Waals surface area (Å²) in [6.07, 6.45) is -2.94. The predicted molar refractivity (Wildman–Crippen MR) is 77.2 cm³/mol. The molecule has 2 aromatic rings. The van der Waals surface area contributed by atoms with Crippen LogP contribution < -0.4 is 11.2 Å². The molecule has 0 aliphatic rings.